The summed E-state index contributed by atoms with van der Waals surface area (Å²) in [7, 11) is 0. The normalized spacial score (nSPS) is 11.2. The molecule has 3 aromatic rings. The van der Waals surface area contributed by atoms with Gasteiger partial charge in [0.1, 0.15) is 5.56 Å². The second-order valence-electron chi connectivity index (χ2n) is 4.61. The lowest BCUT2D eigenvalue weighted by Crippen LogP contribution is -2.03. The van der Waals surface area contributed by atoms with Crippen molar-refractivity contribution in [2.45, 2.75) is 13.8 Å². The number of aromatic nitrogens is 4. The molecule has 0 unspecified atom stereocenters. The second kappa shape index (κ2) is 4.75. The third kappa shape index (κ3) is 2.16. The van der Waals surface area contributed by atoms with Crippen molar-refractivity contribution in [2.24, 2.45) is 0 Å². The summed E-state index contributed by atoms with van der Waals surface area (Å²) in [5.74, 6) is -0.602. The first kappa shape index (κ1) is 13.9. The van der Waals surface area contributed by atoms with Crippen LogP contribution in [0.2, 0.25) is 10.0 Å². The summed E-state index contributed by atoms with van der Waals surface area (Å²) in [4.78, 5) is 18.7. The molecule has 6 nitrogen and oxygen atoms in total. The molecule has 21 heavy (non-hydrogen) atoms. The van der Waals surface area contributed by atoms with Crippen molar-refractivity contribution in [3.8, 4) is 5.95 Å². The zero-order valence-corrected chi connectivity index (χ0v) is 12.6. The quantitative estimate of drug-likeness (QED) is 0.756. The van der Waals surface area contributed by atoms with Crippen LogP contribution in [0.1, 0.15) is 21.7 Å². The molecule has 0 saturated carbocycles. The van der Waals surface area contributed by atoms with Crippen LogP contribution in [-0.4, -0.2) is 30.8 Å². The van der Waals surface area contributed by atoms with Crippen LogP contribution in [0.5, 0.6) is 0 Å². The highest BCUT2D eigenvalue weighted by Crippen LogP contribution is 2.27. The highest BCUT2D eigenvalue weighted by atomic mass is 35.5. The van der Waals surface area contributed by atoms with Crippen molar-refractivity contribution in [3.63, 3.8) is 0 Å². The highest BCUT2D eigenvalue weighted by Gasteiger charge is 2.20. The number of hydrogen-bond acceptors (Lipinski definition) is 3. The third-order valence-electron chi connectivity index (χ3n) is 3.22. The minimum atomic E-state index is -1.02. The number of carboxylic acid groups (broad SMARTS) is 1. The Balaban J connectivity index is 2.21. The van der Waals surface area contributed by atoms with Gasteiger partial charge in [-0.1, -0.05) is 23.2 Å². The third-order valence-corrected chi connectivity index (χ3v) is 3.94. The first-order valence-electron chi connectivity index (χ1n) is 6.03. The molecule has 0 aliphatic heterocycles. The maximum Gasteiger partial charge on any atom is 0.339 e. The van der Waals surface area contributed by atoms with E-state index < -0.39 is 5.97 Å². The zero-order chi connectivity index (χ0) is 15.3. The van der Waals surface area contributed by atoms with E-state index in [0.717, 1.165) is 0 Å². The summed E-state index contributed by atoms with van der Waals surface area (Å²) in [6, 6.07) is 3.31. The lowest BCUT2D eigenvalue weighted by Gasteiger charge is -1.98. The SMILES string of the molecule is Cc1nn(-c2nc3cc(Cl)c(Cl)cc3[nH]2)c(C)c1C(=O)O. The van der Waals surface area contributed by atoms with Crippen LogP contribution in [0, 0.1) is 13.8 Å². The summed E-state index contributed by atoms with van der Waals surface area (Å²) < 4.78 is 1.46. The molecule has 1 aromatic carbocycles. The van der Waals surface area contributed by atoms with Crippen LogP contribution in [-0.2, 0) is 0 Å². The van der Waals surface area contributed by atoms with E-state index in [9.17, 15) is 9.90 Å². The summed E-state index contributed by atoms with van der Waals surface area (Å²) in [6.45, 7) is 3.32. The number of hydrogen-bond donors (Lipinski definition) is 2. The minimum absolute atomic E-state index is 0.173. The molecule has 108 valence electrons. The van der Waals surface area contributed by atoms with Gasteiger partial charge >= 0.3 is 5.97 Å². The maximum atomic E-state index is 11.2. The standard InChI is InChI=1S/C13H10Cl2N4O2/c1-5-11(12(20)21)6(2)19(18-5)13-16-9-3-7(14)8(15)4-10(9)17-13/h3-4H,1-2H3,(H,16,17)(H,20,21). The van der Waals surface area contributed by atoms with E-state index in [1.807, 2.05) is 0 Å². The van der Waals surface area contributed by atoms with Gasteiger partial charge in [-0.25, -0.2) is 14.5 Å². The first-order valence-corrected chi connectivity index (χ1v) is 6.78. The number of aromatic carboxylic acids is 1. The smallest absolute Gasteiger partial charge is 0.339 e. The van der Waals surface area contributed by atoms with Crippen molar-refractivity contribution in [1.29, 1.82) is 0 Å². The number of carboxylic acids is 1. The predicted octanol–water partition coefficient (Wildman–Crippen LogP) is 3.37. The fraction of sp³-hybridized carbons (Fsp3) is 0.154. The Morgan fingerprint density at radius 3 is 2.57 bits per heavy atom. The van der Waals surface area contributed by atoms with Crippen molar-refractivity contribution >= 4 is 40.2 Å². The number of H-pyrrole nitrogens is 1. The number of rotatable bonds is 2. The number of carbonyl (C=O) groups is 1. The second-order valence-corrected chi connectivity index (χ2v) is 5.42. The number of nitrogens with zero attached hydrogens (tertiary/aromatic N) is 3. The molecule has 0 radical (unpaired) electrons. The van der Waals surface area contributed by atoms with Crippen LogP contribution < -0.4 is 0 Å². The maximum absolute atomic E-state index is 11.2. The molecule has 0 amide bonds. The van der Waals surface area contributed by atoms with Crippen LogP contribution in [0.25, 0.3) is 17.0 Å². The van der Waals surface area contributed by atoms with Crippen molar-refractivity contribution in [3.05, 3.63) is 39.1 Å². The van der Waals surface area contributed by atoms with E-state index in [-0.39, 0.29) is 5.56 Å². The molecular weight excluding hydrogens is 315 g/mol. The largest absolute Gasteiger partial charge is 0.478 e. The van der Waals surface area contributed by atoms with Gasteiger partial charge in [-0.3, -0.25) is 0 Å². The number of nitrogens with one attached hydrogen (secondary N) is 1. The van der Waals surface area contributed by atoms with Gasteiger partial charge in [0.25, 0.3) is 0 Å². The van der Waals surface area contributed by atoms with Crippen molar-refractivity contribution < 1.29 is 9.90 Å². The molecule has 2 heterocycles. The van der Waals surface area contributed by atoms with Crippen molar-refractivity contribution in [1.82, 2.24) is 19.7 Å². The summed E-state index contributed by atoms with van der Waals surface area (Å²) in [6.07, 6.45) is 0. The van der Waals surface area contributed by atoms with E-state index in [0.29, 0.717) is 38.4 Å². The lowest BCUT2D eigenvalue weighted by atomic mass is 10.2. The monoisotopic (exact) mass is 324 g/mol. The van der Waals surface area contributed by atoms with Crippen LogP contribution >= 0.6 is 23.2 Å². The fourth-order valence-electron chi connectivity index (χ4n) is 2.25. The van der Waals surface area contributed by atoms with Gasteiger partial charge in [0.2, 0.25) is 5.95 Å². The molecular formula is C13H10Cl2N4O2. The minimum Gasteiger partial charge on any atom is -0.478 e. The van der Waals surface area contributed by atoms with E-state index in [4.69, 9.17) is 23.2 Å². The van der Waals surface area contributed by atoms with E-state index in [2.05, 4.69) is 15.1 Å². The van der Waals surface area contributed by atoms with Gasteiger partial charge in [-0.05, 0) is 26.0 Å². The highest BCUT2D eigenvalue weighted by molar-refractivity contribution is 6.42. The Bertz CT molecular complexity index is 843. The Morgan fingerprint density at radius 1 is 1.29 bits per heavy atom. The van der Waals surface area contributed by atoms with Crippen molar-refractivity contribution in [2.75, 3.05) is 0 Å². The topological polar surface area (TPSA) is 83.8 Å². The van der Waals surface area contributed by atoms with E-state index in [1.54, 1.807) is 26.0 Å². The Kier molecular flexibility index (Phi) is 3.15. The first-order chi connectivity index (χ1) is 9.88. The molecule has 0 aliphatic rings. The molecule has 0 saturated heterocycles. The summed E-state index contributed by atoms with van der Waals surface area (Å²) >= 11 is 11.9. The average molecular weight is 325 g/mol. The van der Waals surface area contributed by atoms with E-state index >= 15 is 0 Å². The molecule has 2 aromatic heterocycles. The summed E-state index contributed by atoms with van der Waals surface area (Å²) in [5.41, 5.74) is 2.42. The molecule has 0 bridgehead atoms. The van der Waals surface area contributed by atoms with Gasteiger partial charge in [0.05, 0.1) is 32.5 Å². The molecule has 0 fully saturated rings. The van der Waals surface area contributed by atoms with E-state index in [1.165, 1.54) is 4.68 Å². The molecule has 0 aliphatic carbocycles. The average Bonchev–Trinajstić information content (AvgIpc) is 2.90. The Labute approximate surface area is 129 Å². The van der Waals surface area contributed by atoms with Gasteiger partial charge in [0, 0.05) is 0 Å². The predicted molar refractivity (Wildman–Crippen MR) is 79.7 cm³/mol. The van der Waals surface area contributed by atoms with Crippen LogP contribution in [0.15, 0.2) is 12.1 Å². The van der Waals surface area contributed by atoms with Gasteiger partial charge in [0.15, 0.2) is 0 Å². The van der Waals surface area contributed by atoms with Crippen LogP contribution in [0.3, 0.4) is 0 Å². The molecule has 3 rings (SSSR count). The number of benzene rings is 1. The Morgan fingerprint density at radius 2 is 1.95 bits per heavy atom. The van der Waals surface area contributed by atoms with Gasteiger partial charge in [-0.15, -0.1) is 0 Å². The Hall–Kier alpha value is -2.05. The molecule has 0 spiro atoms. The number of halogens is 2. The number of aromatic amines is 1. The van der Waals surface area contributed by atoms with Gasteiger partial charge < -0.3 is 10.1 Å². The fourth-order valence-corrected chi connectivity index (χ4v) is 2.57. The number of imidazole rings is 1. The molecule has 2 N–H and O–H groups in total. The number of aryl methyl sites for hydroxylation is 1. The number of fused-ring (bicyclic) bond motifs is 1. The molecule has 0 atom stereocenters. The summed E-state index contributed by atoms with van der Waals surface area (Å²) in [5, 5.41) is 14.2. The molecule has 8 heteroatoms. The lowest BCUT2D eigenvalue weighted by molar-refractivity contribution is 0.0695. The van der Waals surface area contributed by atoms with Crippen LogP contribution in [0.4, 0.5) is 0 Å². The zero-order valence-electron chi connectivity index (χ0n) is 11.1. The van der Waals surface area contributed by atoms with Gasteiger partial charge in [-0.2, -0.15) is 5.10 Å².